The molecule has 1 aromatic rings. The van der Waals surface area contributed by atoms with Gasteiger partial charge in [-0.2, -0.15) is 0 Å². The molecule has 0 saturated heterocycles. The Kier molecular flexibility index (Phi) is 5.05. The van der Waals surface area contributed by atoms with Crippen molar-refractivity contribution >= 4 is 0 Å². The van der Waals surface area contributed by atoms with E-state index in [1.165, 1.54) is 12.8 Å². The van der Waals surface area contributed by atoms with Crippen LogP contribution in [0.15, 0.2) is 12.1 Å². The SMILES string of the molecule is Cc1cc(C)c(C(NN)C2(CC(C)C)CCCC2)c(F)c1. The van der Waals surface area contributed by atoms with E-state index < -0.39 is 0 Å². The van der Waals surface area contributed by atoms with Crippen LogP contribution < -0.4 is 11.3 Å². The maximum Gasteiger partial charge on any atom is 0.128 e. The lowest BCUT2D eigenvalue weighted by molar-refractivity contribution is 0.152. The number of nitrogens with two attached hydrogens (primary N) is 1. The third-order valence-corrected chi connectivity index (χ3v) is 4.96. The Morgan fingerprint density at radius 1 is 1.24 bits per heavy atom. The van der Waals surface area contributed by atoms with Crippen LogP contribution >= 0.6 is 0 Å². The second-order valence-electron chi connectivity index (χ2n) is 7.24. The van der Waals surface area contributed by atoms with Gasteiger partial charge in [0.25, 0.3) is 0 Å². The van der Waals surface area contributed by atoms with Crippen LogP contribution in [0.2, 0.25) is 0 Å². The summed E-state index contributed by atoms with van der Waals surface area (Å²) in [6.45, 7) is 8.41. The summed E-state index contributed by atoms with van der Waals surface area (Å²) in [6, 6.07) is 3.59. The lowest BCUT2D eigenvalue weighted by Crippen LogP contribution is -2.42. The first-order valence-corrected chi connectivity index (χ1v) is 8.12. The quantitative estimate of drug-likeness (QED) is 0.617. The van der Waals surface area contributed by atoms with E-state index in [0.717, 1.165) is 36.0 Å². The number of benzene rings is 1. The molecule has 1 fully saturated rings. The average Bonchev–Trinajstić information content (AvgIpc) is 2.81. The maximum absolute atomic E-state index is 14.6. The van der Waals surface area contributed by atoms with Crippen LogP contribution in [0.25, 0.3) is 0 Å². The van der Waals surface area contributed by atoms with Crippen molar-refractivity contribution in [1.82, 2.24) is 5.43 Å². The van der Waals surface area contributed by atoms with E-state index in [2.05, 4.69) is 25.3 Å². The predicted molar refractivity (Wildman–Crippen MR) is 86.3 cm³/mol. The minimum absolute atomic E-state index is 0.0871. The molecule has 0 amide bonds. The van der Waals surface area contributed by atoms with Gasteiger partial charge in [0.2, 0.25) is 0 Å². The van der Waals surface area contributed by atoms with Crippen molar-refractivity contribution in [2.75, 3.05) is 0 Å². The smallest absolute Gasteiger partial charge is 0.128 e. The number of hydrogen-bond acceptors (Lipinski definition) is 2. The highest BCUT2D eigenvalue weighted by atomic mass is 19.1. The second-order valence-corrected chi connectivity index (χ2v) is 7.24. The molecule has 0 heterocycles. The van der Waals surface area contributed by atoms with Gasteiger partial charge in [0.1, 0.15) is 5.82 Å². The molecule has 0 aliphatic heterocycles. The fraction of sp³-hybridized carbons (Fsp3) is 0.667. The highest BCUT2D eigenvalue weighted by Gasteiger charge is 2.43. The van der Waals surface area contributed by atoms with E-state index in [-0.39, 0.29) is 17.3 Å². The molecule has 1 atom stereocenters. The van der Waals surface area contributed by atoms with Gasteiger partial charge in [-0.15, -0.1) is 0 Å². The highest BCUT2D eigenvalue weighted by Crippen LogP contribution is 2.52. The lowest BCUT2D eigenvalue weighted by atomic mass is 9.69. The van der Waals surface area contributed by atoms with E-state index >= 15 is 0 Å². The molecule has 2 rings (SSSR count). The topological polar surface area (TPSA) is 38.0 Å². The summed E-state index contributed by atoms with van der Waals surface area (Å²) in [5.74, 6) is 6.38. The summed E-state index contributed by atoms with van der Waals surface area (Å²) >= 11 is 0. The minimum atomic E-state index is -0.120. The van der Waals surface area contributed by atoms with E-state index in [1.807, 2.05) is 13.8 Å². The van der Waals surface area contributed by atoms with Crippen LogP contribution in [0.3, 0.4) is 0 Å². The van der Waals surface area contributed by atoms with Crippen molar-refractivity contribution in [3.8, 4) is 0 Å². The first-order valence-electron chi connectivity index (χ1n) is 8.12. The number of halogens is 1. The molecule has 1 aliphatic carbocycles. The number of aryl methyl sites for hydroxylation is 2. The molecule has 3 N–H and O–H groups in total. The molecule has 0 aromatic heterocycles. The molecule has 2 nitrogen and oxygen atoms in total. The summed E-state index contributed by atoms with van der Waals surface area (Å²) in [5, 5.41) is 0. The molecule has 1 aliphatic rings. The van der Waals surface area contributed by atoms with E-state index in [9.17, 15) is 4.39 Å². The van der Waals surface area contributed by atoms with E-state index in [1.54, 1.807) is 6.07 Å². The van der Waals surface area contributed by atoms with Crippen LogP contribution in [0.4, 0.5) is 4.39 Å². The van der Waals surface area contributed by atoms with Gasteiger partial charge in [0.15, 0.2) is 0 Å². The standard InChI is InChI=1S/C18H29FN2/c1-12(2)11-18(7-5-6-8-18)17(21-20)16-14(4)9-13(3)10-15(16)19/h9-10,12,17,21H,5-8,11,20H2,1-4H3. The highest BCUT2D eigenvalue weighted by molar-refractivity contribution is 5.35. The summed E-state index contributed by atoms with van der Waals surface area (Å²) in [4.78, 5) is 0. The molecule has 1 saturated carbocycles. The van der Waals surface area contributed by atoms with Gasteiger partial charge >= 0.3 is 0 Å². The number of hydrogen-bond donors (Lipinski definition) is 2. The maximum atomic E-state index is 14.6. The van der Waals surface area contributed by atoms with Gasteiger partial charge in [-0.25, -0.2) is 4.39 Å². The molecule has 3 heteroatoms. The number of nitrogens with one attached hydrogen (secondary N) is 1. The Morgan fingerprint density at radius 3 is 2.33 bits per heavy atom. The van der Waals surface area contributed by atoms with Crippen molar-refractivity contribution in [3.63, 3.8) is 0 Å². The normalized spacial score (nSPS) is 19.2. The summed E-state index contributed by atoms with van der Waals surface area (Å²) in [7, 11) is 0. The van der Waals surface area contributed by atoms with Crippen molar-refractivity contribution in [3.05, 3.63) is 34.6 Å². The molecule has 1 aromatic carbocycles. The van der Waals surface area contributed by atoms with Gasteiger partial charge in [-0.1, -0.05) is 32.8 Å². The van der Waals surface area contributed by atoms with E-state index in [0.29, 0.717) is 5.92 Å². The number of rotatable bonds is 5. The number of hydrazine groups is 1. The minimum Gasteiger partial charge on any atom is -0.271 e. The molecular weight excluding hydrogens is 263 g/mol. The van der Waals surface area contributed by atoms with Crippen LogP contribution in [0.1, 0.15) is 68.7 Å². The molecule has 1 unspecified atom stereocenters. The fourth-order valence-electron chi connectivity index (χ4n) is 4.36. The molecule has 118 valence electrons. The Morgan fingerprint density at radius 2 is 1.86 bits per heavy atom. The van der Waals surface area contributed by atoms with Gasteiger partial charge in [0.05, 0.1) is 6.04 Å². The molecule has 0 spiro atoms. The Labute approximate surface area is 128 Å². The predicted octanol–water partition coefficient (Wildman–Crippen LogP) is 4.55. The zero-order valence-electron chi connectivity index (χ0n) is 13.8. The molecule has 21 heavy (non-hydrogen) atoms. The third-order valence-electron chi connectivity index (χ3n) is 4.96. The zero-order chi connectivity index (χ0) is 15.6. The molecule has 0 radical (unpaired) electrons. The summed E-state index contributed by atoms with van der Waals surface area (Å²) in [6.07, 6.45) is 5.79. The Hall–Kier alpha value is -0.930. The second kappa shape index (κ2) is 6.45. The van der Waals surface area contributed by atoms with Crippen LogP contribution in [-0.4, -0.2) is 0 Å². The molecular formula is C18H29FN2. The van der Waals surface area contributed by atoms with Crippen molar-refractivity contribution in [1.29, 1.82) is 0 Å². The van der Waals surface area contributed by atoms with Gasteiger partial charge < -0.3 is 0 Å². The summed E-state index contributed by atoms with van der Waals surface area (Å²) < 4.78 is 14.6. The van der Waals surface area contributed by atoms with Crippen LogP contribution in [-0.2, 0) is 0 Å². The van der Waals surface area contributed by atoms with Gasteiger partial charge in [-0.05, 0) is 61.6 Å². The van der Waals surface area contributed by atoms with Crippen molar-refractivity contribution in [2.24, 2.45) is 17.2 Å². The van der Waals surface area contributed by atoms with Gasteiger partial charge in [0, 0.05) is 5.56 Å². The van der Waals surface area contributed by atoms with Crippen LogP contribution in [0.5, 0.6) is 0 Å². The van der Waals surface area contributed by atoms with Crippen LogP contribution in [0, 0.1) is 31.0 Å². The lowest BCUT2D eigenvalue weighted by Gasteiger charge is -2.40. The Balaban J connectivity index is 2.47. The summed E-state index contributed by atoms with van der Waals surface area (Å²) in [5.41, 5.74) is 5.80. The Bertz CT molecular complexity index is 467. The monoisotopic (exact) mass is 292 g/mol. The first-order chi connectivity index (χ1) is 9.89. The van der Waals surface area contributed by atoms with Crippen molar-refractivity contribution in [2.45, 2.75) is 65.8 Å². The first kappa shape index (κ1) is 16.4. The van der Waals surface area contributed by atoms with Gasteiger partial charge in [-0.3, -0.25) is 11.3 Å². The van der Waals surface area contributed by atoms with Crippen molar-refractivity contribution < 1.29 is 4.39 Å². The van der Waals surface area contributed by atoms with E-state index in [4.69, 9.17) is 5.84 Å². The average molecular weight is 292 g/mol. The zero-order valence-corrected chi connectivity index (χ0v) is 13.8. The largest absolute Gasteiger partial charge is 0.271 e. The fourth-order valence-corrected chi connectivity index (χ4v) is 4.36. The third kappa shape index (κ3) is 3.29. The molecule has 0 bridgehead atoms.